The summed E-state index contributed by atoms with van der Waals surface area (Å²) in [6.07, 6.45) is -3.70. The lowest BCUT2D eigenvalue weighted by Crippen LogP contribution is -2.25. The summed E-state index contributed by atoms with van der Waals surface area (Å²) < 4.78 is 65.4. The number of alkyl halides is 3. The highest BCUT2D eigenvalue weighted by molar-refractivity contribution is 7.85. The molecule has 2 aromatic rings. The monoisotopic (exact) mass is 355 g/mol. The molecule has 3 rings (SSSR count). The fraction of sp³-hybridized carbons (Fsp3) is 0.188. The Labute approximate surface area is 136 Å². The largest absolute Gasteiger partial charge is 0.437 e. The van der Waals surface area contributed by atoms with Crippen LogP contribution in [0.3, 0.4) is 0 Å². The van der Waals surface area contributed by atoms with Crippen molar-refractivity contribution in [2.75, 3.05) is 6.26 Å². The van der Waals surface area contributed by atoms with Gasteiger partial charge in [-0.05, 0) is 34.7 Å². The molecule has 2 aromatic carbocycles. The number of oxime groups is 1. The van der Waals surface area contributed by atoms with Crippen molar-refractivity contribution in [2.45, 2.75) is 12.6 Å². The minimum atomic E-state index is -4.84. The molecule has 0 aromatic heterocycles. The molecule has 0 N–H and O–H groups in total. The summed E-state index contributed by atoms with van der Waals surface area (Å²) in [7, 11) is -4.13. The van der Waals surface area contributed by atoms with Gasteiger partial charge in [0, 0.05) is 5.56 Å². The first-order valence-corrected chi connectivity index (χ1v) is 8.72. The maximum atomic E-state index is 13.2. The molecule has 24 heavy (non-hydrogen) atoms. The summed E-state index contributed by atoms with van der Waals surface area (Å²) >= 11 is 0. The summed E-state index contributed by atoms with van der Waals surface area (Å²) in [5.74, 6) is 0. The summed E-state index contributed by atoms with van der Waals surface area (Å²) in [6.45, 7) is 0. The van der Waals surface area contributed by atoms with Gasteiger partial charge in [-0.25, -0.2) is 0 Å². The van der Waals surface area contributed by atoms with E-state index in [-0.39, 0.29) is 5.56 Å². The second-order valence-corrected chi connectivity index (χ2v) is 6.98. The Balaban J connectivity index is 2.04. The van der Waals surface area contributed by atoms with E-state index >= 15 is 0 Å². The van der Waals surface area contributed by atoms with Gasteiger partial charge in [-0.3, -0.25) is 4.28 Å². The van der Waals surface area contributed by atoms with Crippen molar-refractivity contribution < 1.29 is 25.9 Å². The van der Waals surface area contributed by atoms with Crippen molar-refractivity contribution in [3.05, 3.63) is 59.2 Å². The van der Waals surface area contributed by atoms with Crippen LogP contribution in [0.15, 0.2) is 47.6 Å². The molecule has 0 bridgehead atoms. The van der Waals surface area contributed by atoms with Crippen LogP contribution in [0.25, 0.3) is 11.1 Å². The predicted octanol–water partition coefficient (Wildman–Crippen LogP) is 3.50. The second kappa shape index (κ2) is 5.62. The Bertz CT molecular complexity index is 934. The second-order valence-electron chi connectivity index (χ2n) is 5.42. The van der Waals surface area contributed by atoms with Crippen molar-refractivity contribution in [2.24, 2.45) is 5.16 Å². The van der Waals surface area contributed by atoms with E-state index in [1.54, 1.807) is 6.07 Å². The van der Waals surface area contributed by atoms with Crippen molar-refractivity contribution in [1.82, 2.24) is 0 Å². The van der Waals surface area contributed by atoms with E-state index in [1.807, 2.05) is 24.3 Å². The summed E-state index contributed by atoms with van der Waals surface area (Å²) in [6, 6.07) is 11.8. The minimum Gasteiger partial charge on any atom is -0.268 e. The minimum absolute atomic E-state index is 0.238. The van der Waals surface area contributed by atoms with E-state index in [4.69, 9.17) is 0 Å². The fourth-order valence-corrected chi connectivity index (χ4v) is 2.88. The van der Waals surface area contributed by atoms with Crippen LogP contribution in [-0.2, 0) is 20.8 Å². The lowest BCUT2D eigenvalue weighted by atomic mass is 10.0. The zero-order chi connectivity index (χ0) is 17.5. The van der Waals surface area contributed by atoms with Crippen LogP contribution in [0.4, 0.5) is 13.2 Å². The van der Waals surface area contributed by atoms with Crippen LogP contribution < -0.4 is 0 Å². The molecular formula is C16H12F3NO3S. The SMILES string of the molecule is CS(=O)(=O)O/N=C(\c1ccc2c(c1)Cc1ccccc1-2)C(F)(F)F. The number of hydrogen-bond acceptors (Lipinski definition) is 4. The number of rotatable bonds is 3. The van der Waals surface area contributed by atoms with Gasteiger partial charge in [-0.2, -0.15) is 21.6 Å². The first-order valence-electron chi connectivity index (χ1n) is 6.90. The summed E-state index contributed by atoms with van der Waals surface area (Å²) in [5.41, 5.74) is 1.98. The Hall–Kier alpha value is -2.35. The maximum absolute atomic E-state index is 13.2. The van der Waals surface area contributed by atoms with Gasteiger partial charge in [-0.1, -0.05) is 41.6 Å². The third-order valence-electron chi connectivity index (χ3n) is 3.60. The van der Waals surface area contributed by atoms with Gasteiger partial charge in [0.1, 0.15) is 0 Å². The van der Waals surface area contributed by atoms with Crippen LogP contribution in [0, 0.1) is 0 Å². The molecule has 4 nitrogen and oxygen atoms in total. The molecule has 1 aliphatic carbocycles. The van der Waals surface area contributed by atoms with Crippen molar-refractivity contribution >= 4 is 15.8 Å². The van der Waals surface area contributed by atoms with Gasteiger partial charge >= 0.3 is 16.3 Å². The van der Waals surface area contributed by atoms with Crippen LogP contribution in [0.5, 0.6) is 0 Å². The molecule has 1 aliphatic rings. The van der Waals surface area contributed by atoms with E-state index in [2.05, 4.69) is 9.44 Å². The smallest absolute Gasteiger partial charge is 0.268 e. The first kappa shape index (κ1) is 16.5. The molecule has 0 radical (unpaired) electrons. The molecule has 0 saturated carbocycles. The Kier molecular flexibility index (Phi) is 3.87. The molecule has 0 heterocycles. The topological polar surface area (TPSA) is 55.7 Å². The lowest BCUT2D eigenvalue weighted by molar-refractivity contribution is -0.0596. The Morgan fingerprint density at radius 2 is 1.75 bits per heavy atom. The summed E-state index contributed by atoms with van der Waals surface area (Å²) in [4.78, 5) is 0. The third-order valence-corrected chi connectivity index (χ3v) is 3.94. The zero-order valence-electron chi connectivity index (χ0n) is 12.5. The predicted molar refractivity (Wildman–Crippen MR) is 83.2 cm³/mol. The van der Waals surface area contributed by atoms with E-state index in [1.165, 1.54) is 12.1 Å². The standard InChI is InChI=1S/C16H12F3NO3S/c1-24(21,22)23-20-15(16(17,18)19)11-6-7-14-12(9-11)8-10-4-2-3-5-13(10)14/h2-7,9H,8H2,1H3/b20-15+. The van der Waals surface area contributed by atoms with Crippen LogP contribution in [0.1, 0.15) is 16.7 Å². The normalized spacial score (nSPS) is 14.2. The number of fused-ring (bicyclic) bond motifs is 3. The Morgan fingerprint density at radius 1 is 1.08 bits per heavy atom. The number of benzene rings is 2. The highest BCUT2D eigenvalue weighted by Gasteiger charge is 2.38. The number of nitrogens with zero attached hydrogens (tertiary/aromatic N) is 1. The molecule has 0 atom stereocenters. The highest BCUT2D eigenvalue weighted by atomic mass is 32.2. The van der Waals surface area contributed by atoms with E-state index < -0.39 is 22.0 Å². The quantitative estimate of drug-likeness (QED) is 0.534. The molecule has 0 saturated heterocycles. The van der Waals surface area contributed by atoms with E-state index in [9.17, 15) is 21.6 Å². The van der Waals surface area contributed by atoms with Gasteiger partial charge in [-0.15, -0.1) is 0 Å². The first-order chi connectivity index (χ1) is 11.1. The third kappa shape index (κ3) is 3.28. The average Bonchev–Trinajstić information content (AvgIpc) is 2.82. The number of hydrogen-bond donors (Lipinski definition) is 0. The van der Waals surface area contributed by atoms with Gasteiger partial charge in [0.05, 0.1) is 6.26 Å². The zero-order valence-corrected chi connectivity index (χ0v) is 13.3. The van der Waals surface area contributed by atoms with E-state index in [0.29, 0.717) is 12.7 Å². The van der Waals surface area contributed by atoms with Crippen LogP contribution in [0.2, 0.25) is 0 Å². The van der Waals surface area contributed by atoms with Crippen molar-refractivity contribution in [3.8, 4) is 11.1 Å². The van der Waals surface area contributed by atoms with Crippen LogP contribution in [-0.4, -0.2) is 26.6 Å². The van der Waals surface area contributed by atoms with Gasteiger partial charge in [0.2, 0.25) is 0 Å². The highest BCUT2D eigenvalue weighted by Crippen LogP contribution is 2.37. The molecule has 0 amide bonds. The van der Waals surface area contributed by atoms with Gasteiger partial charge < -0.3 is 0 Å². The van der Waals surface area contributed by atoms with Crippen LogP contribution >= 0.6 is 0 Å². The van der Waals surface area contributed by atoms with E-state index in [0.717, 1.165) is 22.3 Å². The maximum Gasteiger partial charge on any atom is 0.437 e. The van der Waals surface area contributed by atoms with Gasteiger partial charge in [0.15, 0.2) is 5.71 Å². The summed E-state index contributed by atoms with van der Waals surface area (Å²) in [5, 5.41) is 2.81. The molecule has 0 spiro atoms. The molecule has 126 valence electrons. The van der Waals surface area contributed by atoms with Crippen molar-refractivity contribution in [1.29, 1.82) is 0 Å². The van der Waals surface area contributed by atoms with Crippen molar-refractivity contribution in [3.63, 3.8) is 0 Å². The molecular weight excluding hydrogens is 343 g/mol. The molecule has 8 heteroatoms. The fourth-order valence-electron chi connectivity index (χ4n) is 2.67. The van der Waals surface area contributed by atoms with Gasteiger partial charge in [0.25, 0.3) is 0 Å². The lowest BCUT2D eigenvalue weighted by Gasteiger charge is -2.11. The number of halogens is 3. The molecule has 0 unspecified atom stereocenters. The Morgan fingerprint density at radius 3 is 2.42 bits per heavy atom. The molecule has 0 fully saturated rings. The molecule has 0 aliphatic heterocycles. The average molecular weight is 355 g/mol.